The van der Waals surface area contributed by atoms with E-state index in [0.29, 0.717) is 0 Å². The van der Waals surface area contributed by atoms with Gasteiger partial charge in [0.05, 0.1) is 6.42 Å². The molecule has 1 aliphatic rings. The molecule has 0 aliphatic heterocycles. The van der Waals surface area contributed by atoms with Crippen molar-refractivity contribution in [2.24, 2.45) is 0 Å². The normalized spacial score (nSPS) is 17.1. The predicted molar refractivity (Wildman–Crippen MR) is 70.1 cm³/mol. The van der Waals surface area contributed by atoms with Gasteiger partial charge in [0, 0.05) is 10.9 Å². The smallest absolute Gasteiger partial charge is 0.0508 e. The van der Waals surface area contributed by atoms with Crippen LogP contribution in [0.3, 0.4) is 0 Å². The van der Waals surface area contributed by atoms with Crippen LogP contribution in [0.25, 0.3) is 0 Å². The highest BCUT2D eigenvalue weighted by atomic mass is 35.5. The minimum atomic E-state index is 0.125. The zero-order valence-electron chi connectivity index (χ0n) is 9.15. The second kappa shape index (κ2) is 4.05. The van der Waals surface area contributed by atoms with Crippen LogP contribution in [0, 0.1) is 13.0 Å². The van der Waals surface area contributed by atoms with Gasteiger partial charge in [0.2, 0.25) is 0 Å². The highest BCUT2D eigenvalue weighted by molar-refractivity contribution is 6.30. The monoisotopic (exact) mass is 237 g/mol. The largest absolute Gasteiger partial charge is 0.0843 e. The number of halogens is 1. The van der Waals surface area contributed by atoms with Crippen molar-refractivity contribution in [3.8, 4) is 0 Å². The lowest BCUT2D eigenvalue weighted by Gasteiger charge is -2.25. The number of benzene rings is 2. The van der Waals surface area contributed by atoms with E-state index in [1.165, 1.54) is 5.56 Å². The standard InChI is InChI=1S/C16H10Cl/c1-2-14-15-6-4-3-5-11(15)9-12-10-13(17)7-8-16(12)14/h1-8,10,14H. The Morgan fingerprint density at radius 1 is 1.06 bits per heavy atom. The first-order chi connectivity index (χ1) is 8.29. The molecule has 1 unspecified atom stereocenters. The third kappa shape index (κ3) is 1.69. The molecule has 17 heavy (non-hydrogen) atoms. The lowest BCUT2D eigenvalue weighted by Crippen LogP contribution is -2.10. The van der Waals surface area contributed by atoms with Crippen molar-refractivity contribution >= 4 is 11.6 Å². The Balaban J connectivity index is 2.22. The summed E-state index contributed by atoms with van der Waals surface area (Å²) < 4.78 is 0. The summed E-state index contributed by atoms with van der Waals surface area (Å²) in [7, 11) is 0. The highest BCUT2D eigenvalue weighted by Gasteiger charge is 2.23. The number of hydrogen-bond donors (Lipinski definition) is 0. The molecule has 0 saturated heterocycles. The van der Waals surface area contributed by atoms with Crippen LogP contribution in [0.2, 0.25) is 5.02 Å². The topological polar surface area (TPSA) is 0 Å². The van der Waals surface area contributed by atoms with E-state index in [9.17, 15) is 0 Å². The molecule has 0 nitrogen and oxygen atoms in total. The van der Waals surface area contributed by atoms with Gasteiger partial charge in [-0.3, -0.25) is 0 Å². The van der Waals surface area contributed by atoms with Crippen molar-refractivity contribution in [3.63, 3.8) is 0 Å². The molecular formula is C16H10Cl. The molecule has 0 heterocycles. The van der Waals surface area contributed by atoms with E-state index in [1.807, 2.05) is 30.3 Å². The Hall–Kier alpha value is -1.53. The van der Waals surface area contributed by atoms with Crippen molar-refractivity contribution in [1.82, 2.24) is 0 Å². The average Bonchev–Trinajstić information content (AvgIpc) is 2.35. The van der Waals surface area contributed by atoms with Crippen LogP contribution in [0.15, 0.2) is 48.5 Å². The van der Waals surface area contributed by atoms with Crippen LogP contribution >= 0.6 is 11.6 Å². The van der Waals surface area contributed by atoms with Crippen LogP contribution in [-0.2, 0) is 0 Å². The number of hydrogen-bond acceptors (Lipinski definition) is 0. The fourth-order valence-electron chi connectivity index (χ4n) is 2.31. The van der Waals surface area contributed by atoms with Crippen LogP contribution in [0.1, 0.15) is 28.2 Å². The molecule has 1 atom stereocenters. The second-order valence-electron chi connectivity index (χ2n) is 4.11. The van der Waals surface area contributed by atoms with Crippen molar-refractivity contribution in [1.29, 1.82) is 0 Å². The SMILES string of the molecule is [CH]=CC1c2ccccc2[C]c2cc(Cl)ccc21. The van der Waals surface area contributed by atoms with Gasteiger partial charge >= 0.3 is 0 Å². The summed E-state index contributed by atoms with van der Waals surface area (Å²) in [5, 5.41) is 0.728. The summed E-state index contributed by atoms with van der Waals surface area (Å²) in [5.41, 5.74) is 4.48. The van der Waals surface area contributed by atoms with E-state index >= 15 is 0 Å². The van der Waals surface area contributed by atoms with Gasteiger partial charge < -0.3 is 0 Å². The summed E-state index contributed by atoms with van der Waals surface area (Å²) in [6, 6.07) is 14.0. The van der Waals surface area contributed by atoms with E-state index in [-0.39, 0.29) is 5.92 Å². The van der Waals surface area contributed by atoms with Crippen molar-refractivity contribution in [3.05, 3.63) is 88.8 Å². The number of fused-ring (bicyclic) bond motifs is 2. The maximum absolute atomic E-state index is 6.01. The van der Waals surface area contributed by atoms with Crippen LogP contribution in [-0.4, -0.2) is 0 Å². The number of rotatable bonds is 1. The fourth-order valence-corrected chi connectivity index (χ4v) is 2.48. The first-order valence-corrected chi connectivity index (χ1v) is 5.88. The second-order valence-corrected chi connectivity index (χ2v) is 4.55. The molecule has 0 fully saturated rings. The van der Waals surface area contributed by atoms with Gasteiger partial charge in [0.1, 0.15) is 0 Å². The Morgan fingerprint density at radius 2 is 1.82 bits per heavy atom. The third-order valence-corrected chi connectivity index (χ3v) is 3.34. The molecule has 81 valence electrons. The molecule has 0 aromatic heterocycles. The quantitative estimate of drug-likeness (QED) is 0.696. The van der Waals surface area contributed by atoms with Crippen LogP contribution in [0.4, 0.5) is 0 Å². The van der Waals surface area contributed by atoms with Crippen LogP contribution < -0.4 is 0 Å². The van der Waals surface area contributed by atoms with Gasteiger partial charge in [0.15, 0.2) is 0 Å². The molecule has 1 aliphatic carbocycles. The van der Waals surface area contributed by atoms with E-state index in [4.69, 9.17) is 18.2 Å². The van der Waals surface area contributed by atoms with E-state index in [1.54, 1.807) is 6.08 Å². The molecule has 2 aromatic carbocycles. The molecule has 0 bridgehead atoms. The van der Waals surface area contributed by atoms with E-state index in [0.717, 1.165) is 21.7 Å². The van der Waals surface area contributed by atoms with Crippen LogP contribution in [0.5, 0.6) is 0 Å². The van der Waals surface area contributed by atoms with Gasteiger partial charge in [-0.05, 0) is 34.4 Å². The maximum Gasteiger partial charge on any atom is 0.0508 e. The lowest BCUT2D eigenvalue weighted by atomic mass is 9.78. The van der Waals surface area contributed by atoms with Gasteiger partial charge in [0.25, 0.3) is 0 Å². The zero-order valence-corrected chi connectivity index (χ0v) is 9.91. The van der Waals surface area contributed by atoms with E-state index in [2.05, 4.69) is 18.6 Å². The molecule has 0 N–H and O–H groups in total. The molecule has 2 aromatic rings. The lowest BCUT2D eigenvalue weighted by molar-refractivity contribution is 0.972. The number of allylic oxidation sites excluding steroid dienone is 1. The average molecular weight is 238 g/mol. The Bertz CT molecular complexity index is 584. The van der Waals surface area contributed by atoms with E-state index < -0.39 is 0 Å². The fraction of sp³-hybridized carbons (Fsp3) is 0.0625. The molecule has 1 heteroatoms. The van der Waals surface area contributed by atoms with Gasteiger partial charge in [-0.25, -0.2) is 0 Å². The van der Waals surface area contributed by atoms with Crippen molar-refractivity contribution in [2.45, 2.75) is 5.92 Å². The van der Waals surface area contributed by atoms with Gasteiger partial charge in [-0.1, -0.05) is 54.6 Å². The maximum atomic E-state index is 6.01. The summed E-state index contributed by atoms with van der Waals surface area (Å²) in [5.74, 6) is 0.125. The Labute approximate surface area is 107 Å². The van der Waals surface area contributed by atoms with Gasteiger partial charge in [-0.15, -0.1) is 0 Å². The molecule has 0 saturated carbocycles. The van der Waals surface area contributed by atoms with Gasteiger partial charge in [-0.2, -0.15) is 0 Å². The summed E-state index contributed by atoms with van der Waals surface area (Å²) in [4.78, 5) is 0. The van der Waals surface area contributed by atoms with Crippen molar-refractivity contribution < 1.29 is 0 Å². The molecular weight excluding hydrogens is 228 g/mol. The first kappa shape index (κ1) is 10.6. The zero-order chi connectivity index (χ0) is 11.8. The molecule has 0 amide bonds. The summed E-state index contributed by atoms with van der Waals surface area (Å²) in [6.45, 7) is 5.79. The first-order valence-electron chi connectivity index (χ1n) is 5.50. The minimum absolute atomic E-state index is 0.125. The molecule has 3 radical (unpaired) electrons. The summed E-state index contributed by atoms with van der Waals surface area (Å²) >= 11 is 6.01. The Morgan fingerprint density at radius 3 is 2.65 bits per heavy atom. The highest BCUT2D eigenvalue weighted by Crippen LogP contribution is 2.38. The van der Waals surface area contributed by atoms with Crippen molar-refractivity contribution in [2.75, 3.05) is 0 Å². The minimum Gasteiger partial charge on any atom is -0.0843 e. The Kier molecular flexibility index (Phi) is 2.53. The molecule has 0 spiro atoms. The molecule has 3 rings (SSSR count). The summed E-state index contributed by atoms with van der Waals surface area (Å²) in [6.07, 6.45) is 5.11. The predicted octanol–water partition coefficient (Wildman–Crippen LogP) is 4.25. The third-order valence-electron chi connectivity index (χ3n) is 3.11.